The van der Waals surface area contributed by atoms with Crippen LogP contribution in [0.3, 0.4) is 0 Å². The molecule has 0 spiro atoms. The van der Waals surface area contributed by atoms with Crippen molar-refractivity contribution in [3.8, 4) is 28.0 Å². The lowest BCUT2D eigenvalue weighted by atomic mass is 9.96. The lowest BCUT2D eigenvalue weighted by molar-refractivity contribution is 0.477. The lowest BCUT2D eigenvalue weighted by Gasteiger charge is -2.08. The molecule has 0 radical (unpaired) electrons. The van der Waals surface area contributed by atoms with Crippen molar-refractivity contribution in [3.05, 3.63) is 90.0 Å². The number of hydrogen-bond donors (Lipinski definition) is 1. The van der Waals surface area contributed by atoms with Gasteiger partial charge in [0.1, 0.15) is 5.75 Å². The van der Waals surface area contributed by atoms with Crippen LogP contribution < -0.4 is 0 Å². The van der Waals surface area contributed by atoms with Crippen LogP contribution in [0.15, 0.2) is 78.9 Å². The third kappa shape index (κ3) is 1.82. The average molecular weight is 308 g/mol. The second-order valence-electron chi connectivity index (χ2n) is 6.35. The molecule has 24 heavy (non-hydrogen) atoms. The Labute approximate surface area is 140 Å². The molecule has 0 atom stereocenters. The second-order valence-corrected chi connectivity index (χ2v) is 6.35. The van der Waals surface area contributed by atoms with E-state index in [1.165, 1.54) is 27.8 Å². The maximum atomic E-state index is 10.8. The zero-order valence-electron chi connectivity index (χ0n) is 13.2. The highest BCUT2D eigenvalue weighted by atomic mass is 16.3. The summed E-state index contributed by atoms with van der Waals surface area (Å²) in [6, 6.07) is 27.2. The van der Waals surface area contributed by atoms with Crippen LogP contribution in [-0.2, 0) is 6.42 Å². The van der Waals surface area contributed by atoms with Crippen molar-refractivity contribution in [2.45, 2.75) is 6.42 Å². The van der Waals surface area contributed by atoms with E-state index < -0.39 is 0 Å². The van der Waals surface area contributed by atoms with Gasteiger partial charge in [0.25, 0.3) is 0 Å². The predicted octanol–water partition coefficient (Wildman–Crippen LogP) is 5.78. The number of hydrogen-bond acceptors (Lipinski definition) is 1. The van der Waals surface area contributed by atoms with E-state index in [9.17, 15) is 5.11 Å². The van der Waals surface area contributed by atoms with Gasteiger partial charge in [0.15, 0.2) is 0 Å². The van der Waals surface area contributed by atoms with Gasteiger partial charge >= 0.3 is 0 Å². The molecule has 0 fully saturated rings. The summed E-state index contributed by atoms with van der Waals surface area (Å²) in [5, 5.41) is 12.8. The molecule has 1 aliphatic rings. The maximum Gasteiger partial charge on any atom is 0.127 e. The molecule has 0 heterocycles. The van der Waals surface area contributed by atoms with E-state index >= 15 is 0 Å². The monoisotopic (exact) mass is 308 g/mol. The minimum absolute atomic E-state index is 0.429. The van der Waals surface area contributed by atoms with Gasteiger partial charge in [-0.05, 0) is 39.3 Å². The normalized spacial score (nSPS) is 12.2. The molecule has 1 heteroatoms. The smallest absolute Gasteiger partial charge is 0.127 e. The van der Waals surface area contributed by atoms with E-state index in [1.807, 2.05) is 24.3 Å². The fourth-order valence-electron chi connectivity index (χ4n) is 3.89. The maximum absolute atomic E-state index is 10.8. The van der Waals surface area contributed by atoms with E-state index in [4.69, 9.17) is 0 Å². The lowest BCUT2D eigenvalue weighted by Crippen LogP contribution is -1.87. The average Bonchev–Trinajstić information content (AvgIpc) is 3.02. The third-order valence-corrected chi connectivity index (χ3v) is 5.03. The first kappa shape index (κ1) is 13.4. The summed E-state index contributed by atoms with van der Waals surface area (Å²) < 4.78 is 0. The Bertz CT molecular complexity index is 1080. The molecule has 1 N–H and O–H groups in total. The number of rotatable bonds is 1. The Hall–Kier alpha value is -3.06. The SMILES string of the molecule is Oc1c2c(cc3ccccc13)-c1cccc(-c3ccccc3)c1C2. The molecule has 0 bridgehead atoms. The first-order chi connectivity index (χ1) is 11.8. The van der Waals surface area contributed by atoms with Crippen molar-refractivity contribution in [3.63, 3.8) is 0 Å². The van der Waals surface area contributed by atoms with Gasteiger partial charge in [-0.3, -0.25) is 0 Å². The summed E-state index contributed by atoms with van der Waals surface area (Å²) in [4.78, 5) is 0. The minimum atomic E-state index is 0.429. The molecule has 1 aliphatic carbocycles. The van der Waals surface area contributed by atoms with E-state index in [0.29, 0.717) is 5.75 Å². The molecule has 0 amide bonds. The van der Waals surface area contributed by atoms with E-state index in [1.54, 1.807) is 0 Å². The van der Waals surface area contributed by atoms with Gasteiger partial charge in [0, 0.05) is 17.4 Å². The summed E-state index contributed by atoms with van der Waals surface area (Å²) in [7, 11) is 0. The number of aromatic hydroxyl groups is 1. The topological polar surface area (TPSA) is 20.2 Å². The molecule has 5 rings (SSSR count). The fraction of sp³-hybridized carbons (Fsp3) is 0.0435. The van der Waals surface area contributed by atoms with Gasteiger partial charge in [0.05, 0.1) is 0 Å². The Morgan fingerprint density at radius 1 is 0.625 bits per heavy atom. The van der Waals surface area contributed by atoms with E-state index in [0.717, 1.165) is 22.8 Å². The molecular weight excluding hydrogens is 292 g/mol. The van der Waals surface area contributed by atoms with Gasteiger partial charge in [0.2, 0.25) is 0 Å². The van der Waals surface area contributed by atoms with Crippen LogP contribution in [0.2, 0.25) is 0 Å². The zero-order chi connectivity index (χ0) is 16.1. The van der Waals surface area contributed by atoms with Crippen molar-refractivity contribution in [1.29, 1.82) is 0 Å². The highest BCUT2D eigenvalue weighted by molar-refractivity contribution is 5.98. The van der Waals surface area contributed by atoms with E-state index in [2.05, 4.69) is 54.6 Å². The molecule has 0 saturated heterocycles. The zero-order valence-corrected chi connectivity index (χ0v) is 13.2. The molecule has 4 aromatic rings. The van der Waals surface area contributed by atoms with Crippen molar-refractivity contribution < 1.29 is 5.11 Å². The van der Waals surface area contributed by atoms with Crippen molar-refractivity contribution in [2.24, 2.45) is 0 Å². The fourth-order valence-corrected chi connectivity index (χ4v) is 3.89. The summed E-state index contributed by atoms with van der Waals surface area (Å²) in [5.41, 5.74) is 7.25. The molecule has 4 aromatic carbocycles. The van der Waals surface area contributed by atoms with Crippen molar-refractivity contribution in [2.75, 3.05) is 0 Å². The second kappa shape index (κ2) is 4.97. The van der Waals surface area contributed by atoms with Crippen LogP contribution in [0.5, 0.6) is 5.75 Å². The van der Waals surface area contributed by atoms with Gasteiger partial charge < -0.3 is 5.11 Å². The summed E-state index contributed by atoms with van der Waals surface area (Å²) >= 11 is 0. The van der Waals surface area contributed by atoms with Gasteiger partial charge in [-0.25, -0.2) is 0 Å². The van der Waals surface area contributed by atoms with Crippen LogP contribution in [0, 0.1) is 0 Å². The third-order valence-electron chi connectivity index (χ3n) is 5.03. The van der Waals surface area contributed by atoms with Crippen LogP contribution >= 0.6 is 0 Å². The quantitative estimate of drug-likeness (QED) is 0.416. The minimum Gasteiger partial charge on any atom is -0.507 e. The number of phenols is 1. The van der Waals surface area contributed by atoms with Gasteiger partial charge in [-0.1, -0.05) is 72.8 Å². The first-order valence-corrected chi connectivity index (χ1v) is 8.24. The number of fused-ring (bicyclic) bond motifs is 4. The van der Waals surface area contributed by atoms with Crippen LogP contribution in [0.4, 0.5) is 0 Å². The Balaban J connectivity index is 1.79. The number of phenolic OH excluding ortho intramolecular Hbond substituents is 1. The Morgan fingerprint density at radius 2 is 1.38 bits per heavy atom. The van der Waals surface area contributed by atoms with Gasteiger partial charge in [-0.15, -0.1) is 0 Å². The summed E-state index contributed by atoms with van der Waals surface area (Å²) in [6.45, 7) is 0. The van der Waals surface area contributed by atoms with Crippen LogP contribution in [0.25, 0.3) is 33.0 Å². The summed E-state index contributed by atoms with van der Waals surface area (Å²) in [6.07, 6.45) is 0.784. The first-order valence-electron chi connectivity index (χ1n) is 8.24. The molecule has 1 nitrogen and oxygen atoms in total. The molecule has 0 aromatic heterocycles. The van der Waals surface area contributed by atoms with E-state index in [-0.39, 0.29) is 0 Å². The Morgan fingerprint density at radius 3 is 2.25 bits per heavy atom. The van der Waals surface area contributed by atoms with Gasteiger partial charge in [-0.2, -0.15) is 0 Å². The molecule has 0 unspecified atom stereocenters. The highest BCUT2D eigenvalue weighted by Crippen LogP contribution is 2.47. The molecule has 114 valence electrons. The van der Waals surface area contributed by atoms with Crippen molar-refractivity contribution >= 4 is 10.8 Å². The Kier molecular flexibility index (Phi) is 2.77. The largest absolute Gasteiger partial charge is 0.507 e. The van der Waals surface area contributed by atoms with Crippen LogP contribution in [-0.4, -0.2) is 5.11 Å². The van der Waals surface area contributed by atoms with Crippen molar-refractivity contribution in [1.82, 2.24) is 0 Å². The standard InChI is InChI=1S/C23H16O/c24-23-18-10-5-4-9-16(18)13-20-19-12-6-11-17(21(19)14-22(20)23)15-7-2-1-3-8-15/h1-13,24H,14H2. The predicted molar refractivity (Wildman–Crippen MR) is 99.3 cm³/mol. The highest BCUT2D eigenvalue weighted by Gasteiger charge is 2.25. The molecule has 0 saturated carbocycles. The molecular formula is C23H16O. The number of benzene rings is 4. The summed E-state index contributed by atoms with van der Waals surface area (Å²) in [5.74, 6) is 0.429. The molecule has 0 aliphatic heterocycles. The van der Waals surface area contributed by atoms with Crippen LogP contribution in [0.1, 0.15) is 11.1 Å².